The lowest BCUT2D eigenvalue weighted by Gasteiger charge is -2.46. The van der Waals surface area contributed by atoms with Crippen molar-refractivity contribution in [2.45, 2.75) is 69.2 Å². The van der Waals surface area contributed by atoms with Crippen LogP contribution in [0, 0.1) is 12.3 Å². The Labute approximate surface area is 194 Å². The van der Waals surface area contributed by atoms with Crippen LogP contribution in [-0.2, 0) is 29.1 Å². The number of amides is 2. The highest BCUT2D eigenvalue weighted by Gasteiger charge is 2.49. The van der Waals surface area contributed by atoms with Gasteiger partial charge in [-0.15, -0.1) is 0 Å². The van der Waals surface area contributed by atoms with Crippen LogP contribution in [0.15, 0.2) is 41.6 Å². The van der Waals surface area contributed by atoms with Crippen LogP contribution in [0.5, 0.6) is 0 Å². The highest BCUT2D eigenvalue weighted by Crippen LogP contribution is 2.45. The van der Waals surface area contributed by atoms with Gasteiger partial charge < -0.3 is 20.1 Å². The van der Waals surface area contributed by atoms with E-state index in [0.717, 1.165) is 9.87 Å². The first-order valence-corrected chi connectivity index (χ1v) is 12.6. The van der Waals surface area contributed by atoms with E-state index in [4.69, 9.17) is 9.47 Å². The van der Waals surface area contributed by atoms with Crippen molar-refractivity contribution in [1.29, 1.82) is 0 Å². The van der Waals surface area contributed by atoms with Gasteiger partial charge >= 0.3 is 0 Å². The smallest absolute Gasteiger partial charge is 0.264 e. The summed E-state index contributed by atoms with van der Waals surface area (Å²) in [6, 6.07) is 5.05. The summed E-state index contributed by atoms with van der Waals surface area (Å²) in [7, 11) is -4.01. The predicted octanol–water partition coefficient (Wildman–Crippen LogP) is 1.78. The molecule has 10 heteroatoms. The van der Waals surface area contributed by atoms with Gasteiger partial charge in [-0.25, -0.2) is 8.42 Å². The van der Waals surface area contributed by atoms with Crippen molar-refractivity contribution in [2.24, 2.45) is 5.41 Å². The Kier molecular flexibility index (Phi) is 6.28. The zero-order valence-electron chi connectivity index (χ0n) is 19.2. The summed E-state index contributed by atoms with van der Waals surface area (Å²) < 4.78 is 39.1. The molecule has 2 fully saturated rings. The largest absolute Gasteiger partial charge is 0.353 e. The number of nitrogens with zero attached hydrogens (tertiary/aromatic N) is 1. The van der Waals surface area contributed by atoms with Crippen molar-refractivity contribution in [2.75, 3.05) is 13.2 Å². The minimum absolute atomic E-state index is 0.0631. The van der Waals surface area contributed by atoms with Gasteiger partial charge in [0, 0.05) is 31.3 Å². The second-order valence-corrected chi connectivity index (χ2v) is 11.5. The minimum Gasteiger partial charge on any atom is -0.353 e. The lowest BCUT2D eigenvalue weighted by molar-refractivity contribution is -0.203. The number of carbonyl (C=O) groups excluding carboxylic acids is 2. The molecule has 2 heterocycles. The van der Waals surface area contributed by atoms with Crippen LogP contribution in [0.1, 0.15) is 45.1 Å². The second kappa shape index (κ2) is 8.73. The number of carbonyl (C=O) groups is 2. The van der Waals surface area contributed by atoms with Crippen LogP contribution in [0.25, 0.3) is 0 Å². The molecule has 1 aromatic carbocycles. The van der Waals surface area contributed by atoms with Crippen molar-refractivity contribution in [1.82, 2.24) is 14.9 Å². The molecule has 33 heavy (non-hydrogen) atoms. The van der Waals surface area contributed by atoms with E-state index in [1.165, 1.54) is 24.5 Å². The zero-order valence-corrected chi connectivity index (χ0v) is 20.0. The molecule has 9 nitrogen and oxygen atoms in total. The van der Waals surface area contributed by atoms with Gasteiger partial charge in [0.1, 0.15) is 6.04 Å². The first-order valence-electron chi connectivity index (χ1n) is 11.2. The maximum absolute atomic E-state index is 13.2. The molecule has 2 amide bonds. The SMILES string of the molecule is Cc1ccc(S(=O)(=O)N2C=CNC(=O)[C@H]2CC(=O)N[C@@H]2CCC3(CC2(C)C)OCCO3)cc1. The van der Waals surface area contributed by atoms with Gasteiger partial charge in [0.25, 0.3) is 10.0 Å². The molecule has 2 atom stereocenters. The van der Waals surface area contributed by atoms with Gasteiger partial charge in [0.05, 0.1) is 24.5 Å². The molecule has 1 saturated carbocycles. The Hall–Kier alpha value is -2.43. The van der Waals surface area contributed by atoms with Gasteiger partial charge in [0.2, 0.25) is 11.8 Å². The van der Waals surface area contributed by atoms with Crippen LogP contribution >= 0.6 is 0 Å². The maximum Gasteiger partial charge on any atom is 0.264 e. The molecule has 0 aromatic heterocycles. The van der Waals surface area contributed by atoms with Crippen LogP contribution in [0.2, 0.25) is 0 Å². The summed E-state index contributed by atoms with van der Waals surface area (Å²) in [6.07, 6.45) is 4.26. The van der Waals surface area contributed by atoms with Crippen LogP contribution in [0.4, 0.5) is 0 Å². The van der Waals surface area contributed by atoms with Crippen molar-refractivity contribution in [3.05, 3.63) is 42.2 Å². The number of ether oxygens (including phenoxy) is 2. The van der Waals surface area contributed by atoms with E-state index in [9.17, 15) is 18.0 Å². The van der Waals surface area contributed by atoms with Gasteiger partial charge in [0.15, 0.2) is 5.79 Å². The Morgan fingerprint density at radius 3 is 2.52 bits per heavy atom. The summed E-state index contributed by atoms with van der Waals surface area (Å²) in [5, 5.41) is 5.54. The fourth-order valence-corrected chi connectivity index (χ4v) is 6.32. The minimum atomic E-state index is -4.01. The molecule has 0 radical (unpaired) electrons. The summed E-state index contributed by atoms with van der Waals surface area (Å²) in [6.45, 7) is 7.10. The van der Waals surface area contributed by atoms with Crippen molar-refractivity contribution in [3.63, 3.8) is 0 Å². The zero-order chi connectivity index (χ0) is 23.9. The fraction of sp³-hybridized carbons (Fsp3) is 0.565. The molecule has 1 aromatic rings. The molecule has 1 saturated heterocycles. The van der Waals surface area contributed by atoms with Crippen molar-refractivity contribution >= 4 is 21.8 Å². The second-order valence-electron chi connectivity index (χ2n) is 9.62. The predicted molar refractivity (Wildman–Crippen MR) is 120 cm³/mol. The van der Waals surface area contributed by atoms with E-state index >= 15 is 0 Å². The molecule has 180 valence electrons. The third kappa shape index (κ3) is 4.78. The Bertz CT molecular complexity index is 1040. The topological polar surface area (TPSA) is 114 Å². The molecule has 1 aliphatic carbocycles. The number of sulfonamides is 1. The molecule has 4 rings (SSSR count). The normalized spacial score (nSPS) is 26.3. The Balaban J connectivity index is 1.47. The van der Waals surface area contributed by atoms with E-state index in [0.29, 0.717) is 32.5 Å². The fourth-order valence-electron chi connectivity index (χ4n) is 4.87. The van der Waals surface area contributed by atoms with E-state index in [2.05, 4.69) is 10.6 Å². The van der Waals surface area contributed by atoms with Gasteiger partial charge in [-0.3, -0.25) is 13.9 Å². The highest BCUT2D eigenvalue weighted by atomic mass is 32.2. The number of hydrogen-bond acceptors (Lipinski definition) is 6. The molecule has 0 unspecified atom stereocenters. The average Bonchev–Trinajstić information content (AvgIpc) is 3.19. The highest BCUT2D eigenvalue weighted by molar-refractivity contribution is 7.89. The van der Waals surface area contributed by atoms with Gasteiger partial charge in [-0.1, -0.05) is 31.5 Å². The summed E-state index contributed by atoms with van der Waals surface area (Å²) in [4.78, 5) is 25.6. The van der Waals surface area contributed by atoms with Crippen LogP contribution in [-0.4, -0.2) is 55.6 Å². The third-order valence-electron chi connectivity index (χ3n) is 6.66. The van der Waals surface area contributed by atoms with E-state index in [1.54, 1.807) is 12.1 Å². The lowest BCUT2D eigenvalue weighted by atomic mass is 9.70. The third-order valence-corrected chi connectivity index (χ3v) is 8.46. The Morgan fingerprint density at radius 1 is 1.21 bits per heavy atom. The first kappa shape index (κ1) is 23.7. The number of rotatable bonds is 5. The molecular weight excluding hydrogens is 446 g/mol. The molecule has 0 bridgehead atoms. The molecule has 2 N–H and O–H groups in total. The molecule has 2 aliphatic heterocycles. The summed E-state index contributed by atoms with van der Waals surface area (Å²) in [5.74, 6) is -1.51. The van der Waals surface area contributed by atoms with E-state index < -0.39 is 27.8 Å². The first-order chi connectivity index (χ1) is 15.5. The molecular formula is C23H31N3O6S. The van der Waals surface area contributed by atoms with E-state index in [1.807, 2.05) is 20.8 Å². The molecule has 1 spiro atoms. The van der Waals surface area contributed by atoms with Crippen molar-refractivity contribution in [3.8, 4) is 0 Å². The number of nitrogens with one attached hydrogen (secondary N) is 2. The maximum atomic E-state index is 13.2. The van der Waals surface area contributed by atoms with Crippen molar-refractivity contribution < 1.29 is 27.5 Å². The quantitative estimate of drug-likeness (QED) is 0.668. The standard InChI is InChI=1S/C23H31N3O6S/c1-16-4-6-17(7-5-16)33(29,30)26-11-10-24-21(28)18(26)14-20(27)25-19-8-9-23(15-22(19,2)3)31-12-13-32-23/h4-7,10-11,18-19H,8-9,12-15H2,1-3H3,(H,24,28)(H,25,27)/t18-,19-/m1/s1. The lowest BCUT2D eigenvalue weighted by Crippen LogP contribution is -2.56. The summed E-state index contributed by atoms with van der Waals surface area (Å²) in [5.41, 5.74) is 0.628. The average molecular weight is 478 g/mol. The summed E-state index contributed by atoms with van der Waals surface area (Å²) >= 11 is 0. The van der Waals surface area contributed by atoms with Gasteiger partial charge in [-0.05, 0) is 30.9 Å². The monoisotopic (exact) mass is 477 g/mol. The Morgan fingerprint density at radius 2 is 1.88 bits per heavy atom. The molecule has 3 aliphatic rings. The number of benzene rings is 1. The van der Waals surface area contributed by atoms with E-state index in [-0.39, 0.29) is 28.7 Å². The van der Waals surface area contributed by atoms with Crippen LogP contribution < -0.4 is 10.6 Å². The number of hydrogen-bond donors (Lipinski definition) is 2. The van der Waals surface area contributed by atoms with Gasteiger partial charge in [-0.2, -0.15) is 0 Å². The van der Waals surface area contributed by atoms with Crippen LogP contribution in [0.3, 0.4) is 0 Å². The number of aryl methyl sites for hydroxylation is 1.